The number of rotatable bonds is 12. The first-order chi connectivity index (χ1) is 21.2. The van der Waals surface area contributed by atoms with Gasteiger partial charge < -0.3 is 30.8 Å². The van der Waals surface area contributed by atoms with Gasteiger partial charge in [-0.15, -0.1) is 0 Å². The van der Waals surface area contributed by atoms with Gasteiger partial charge in [0.1, 0.15) is 0 Å². The van der Waals surface area contributed by atoms with E-state index in [1.54, 1.807) is 39.8 Å². The van der Waals surface area contributed by atoms with Crippen molar-refractivity contribution >= 4 is 35.9 Å². The van der Waals surface area contributed by atoms with Crippen LogP contribution in [-0.2, 0) is 38.4 Å². The maximum Gasteiger partial charge on any atom is 0.338 e. The molecule has 0 spiro atoms. The van der Waals surface area contributed by atoms with Crippen molar-refractivity contribution in [2.75, 3.05) is 0 Å². The molecule has 12 heteroatoms. The molecule has 45 heavy (non-hydrogen) atoms. The summed E-state index contributed by atoms with van der Waals surface area (Å²) >= 11 is 0. The molecule has 0 fully saturated rings. The number of hydrogen-bond donors (Lipinski definition) is 6. The second-order valence-corrected chi connectivity index (χ2v) is 10.9. The van der Waals surface area contributed by atoms with Gasteiger partial charge in [0.15, 0.2) is 0 Å². The van der Waals surface area contributed by atoms with Crippen LogP contribution in [0.25, 0.3) is 12.2 Å². The SMILES string of the molecule is C=CC1=C(C)C(=O)N/C1=C\c1[nH]c(Cc2[nH]c(/C=C3\NC(=O)C(C)=C3C=C)c(C)c2C[C@H](F)C(=O)O)c(C[C@@H](F)C(=O)O)c1C. The molecule has 0 saturated heterocycles. The second kappa shape index (κ2) is 12.8. The minimum absolute atomic E-state index is 0.00244. The van der Waals surface area contributed by atoms with Gasteiger partial charge in [-0.25, -0.2) is 18.4 Å². The molecule has 2 aliphatic rings. The molecule has 0 bridgehead atoms. The highest BCUT2D eigenvalue weighted by molar-refractivity contribution is 6.02. The Hall–Kier alpha value is -5.26. The van der Waals surface area contributed by atoms with Gasteiger partial charge in [-0.3, -0.25) is 9.59 Å². The Kier molecular flexibility index (Phi) is 9.26. The number of carboxylic acids is 2. The molecular weight excluding hydrogens is 586 g/mol. The topological polar surface area (TPSA) is 164 Å². The van der Waals surface area contributed by atoms with Crippen molar-refractivity contribution < 1.29 is 38.2 Å². The van der Waals surface area contributed by atoms with Crippen LogP contribution in [0.5, 0.6) is 0 Å². The Morgan fingerprint density at radius 1 is 0.733 bits per heavy atom. The average molecular weight is 621 g/mol. The minimum Gasteiger partial charge on any atom is -0.479 e. The fourth-order valence-electron chi connectivity index (χ4n) is 5.55. The van der Waals surface area contributed by atoms with Crippen LogP contribution >= 0.6 is 0 Å². The molecule has 4 rings (SSSR count). The third-order valence-electron chi connectivity index (χ3n) is 8.22. The average Bonchev–Trinajstić information content (AvgIpc) is 3.62. The Morgan fingerprint density at radius 2 is 1.09 bits per heavy atom. The molecule has 236 valence electrons. The molecule has 2 atom stereocenters. The summed E-state index contributed by atoms with van der Waals surface area (Å²) in [6.07, 6.45) is 0.966. The van der Waals surface area contributed by atoms with Crippen LogP contribution in [0.4, 0.5) is 8.78 Å². The molecule has 6 N–H and O–H groups in total. The third kappa shape index (κ3) is 6.35. The lowest BCUT2D eigenvalue weighted by Gasteiger charge is -2.10. The number of amides is 2. The number of allylic oxidation sites excluding steroid dienone is 2. The van der Waals surface area contributed by atoms with Crippen molar-refractivity contribution in [3.8, 4) is 0 Å². The van der Waals surface area contributed by atoms with Gasteiger partial charge in [0.2, 0.25) is 12.3 Å². The number of nitrogens with one attached hydrogen (secondary N) is 4. The maximum atomic E-state index is 14.6. The Labute approximate surface area is 258 Å². The summed E-state index contributed by atoms with van der Waals surface area (Å²) in [5.74, 6) is -3.87. The predicted octanol–water partition coefficient (Wildman–Crippen LogP) is 4.43. The van der Waals surface area contributed by atoms with E-state index in [0.29, 0.717) is 78.7 Å². The maximum absolute atomic E-state index is 14.6. The van der Waals surface area contributed by atoms with E-state index in [4.69, 9.17) is 0 Å². The number of alkyl halides is 2. The fraction of sp³-hybridized carbons (Fsp3) is 0.273. The Morgan fingerprint density at radius 3 is 1.40 bits per heavy atom. The number of aromatic nitrogens is 2. The summed E-state index contributed by atoms with van der Waals surface area (Å²) in [7, 11) is 0. The zero-order chi connectivity index (χ0) is 33.3. The van der Waals surface area contributed by atoms with Crippen LogP contribution in [0.2, 0.25) is 0 Å². The highest BCUT2D eigenvalue weighted by atomic mass is 19.1. The lowest BCUT2D eigenvalue weighted by molar-refractivity contribution is -0.143. The number of hydrogen-bond acceptors (Lipinski definition) is 4. The van der Waals surface area contributed by atoms with Crippen LogP contribution in [-0.4, -0.2) is 56.3 Å². The van der Waals surface area contributed by atoms with Gasteiger partial charge >= 0.3 is 11.9 Å². The molecule has 0 aliphatic carbocycles. The number of aromatic amines is 2. The lowest BCUT2D eigenvalue weighted by atomic mass is 9.97. The monoisotopic (exact) mass is 620 g/mol. The van der Waals surface area contributed by atoms with E-state index in [0.717, 1.165) is 0 Å². The standard InChI is InChI=1S/C33H34F2N4O6/c1-7-18-16(5)30(40)38-26(18)11-24-14(3)20(9-22(34)32(42)43)28(36-24)13-29-21(10-23(35)33(44)45)15(4)25(37-29)12-27-19(8-2)17(6)31(41)39-27/h7-8,11-12,22-23,36-37H,1-2,9-10,13H2,3-6H3,(H,38,40)(H,39,41)(H,42,43)(H,44,45)/b26-11-,27-12-/t22-,23+. The number of carbonyl (C=O) groups is 4. The van der Waals surface area contributed by atoms with E-state index in [-0.39, 0.29) is 18.2 Å². The molecule has 4 heterocycles. The van der Waals surface area contributed by atoms with Gasteiger partial charge in [-0.05, 0) is 62.1 Å². The van der Waals surface area contributed by atoms with Gasteiger partial charge in [0.05, 0.1) is 11.4 Å². The van der Waals surface area contributed by atoms with E-state index in [1.807, 2.05) is 0 Å². The highest BCUT2D eigenvalue weighted by Gasteiger charge is 2.28. The first kappa shape index (κ1) is 32.6. The third-order valence-corrected chi connectivity index (χ3v) is 8.22. The highest BCUT2D eigenvalue weighted by Crippen LogP contribution is 2.32. The summed E-state index contributed by atoms with van der Waals surface area (Å²) in [5.41, 5.74) is 6.59. The van der Waals surface area contributed by atoms with E-state index < -0.39 is 37.1 Å². The summed E-state index contributed by atoms with van der Waals surface area (Å²) in [4.78, 5) is 53.9. The molecule has 10 nitrogen and oxygen atoms in total. The molecule has 0 radical (unpaired) electrons. The zero-order valence-corrected chi connectivity index (χ0v) is 25.3. The predicted molar refractivity (Wildman–Crippen MR) is 164 cm³/mol. The first-order valence-corrected chi connectivity index (χ1v) is 14.1. The molecule has 2 aliphatic heterocycles. The van der Waals surface area contributed by atoms with Gasteiger partial charge in [0.25, 0.3) is 11.8 Å². The summed E-state index contributed by atoms with van der Waals surface area (Å²) in [6, 6.07) is 0. The van der Waals surface area contributed by atoms with Crippen molar-refractivity contribution in [2.45, 2.75) is 59.3 Å². The van der Waals surface area contributed by atoms with Crippen LogP contribution in [0.3, 0.4) is 0 Å². The fourth-order valence-corrected chi connectivity index (χ4v) is 5.55. The summed E-state index contributed by atoms with van der Waals surface area (Å²) in [6.45, 7) is 14.2. The number of carboxylic acid groups (broad SMARTS) is 2. The molecular formula is C33H34F2N4O6. The van der Waals surface area contributed by atoms with E-state index in [1.165, 1.54) is 12.2 Å². The molecule has 2 aromatic heterocycles. The molecule has 2 aromatic rings. The molecule has 0 unspecified atom stereocenters. The van der Waals surface area contributed by atoms with Crippen molar-refractivity contribution in [3.05, 3.63) is 104 Å². The van der Waals surface area contributed by atoms with Crippen molar-refractivity contribution in [1.82, 2.24) is 20.6 Å². The van der Waals surface area contributed by atoms with E-state index >= 15 is 0 Å². The van der Waals surface area contributed by atoms with Crippen molar-refractivity contribution in [2.24, 2.45) is 0 Å². The molecule has 2 amide bonds. The van der Waals surface area contributed by atoms with E-state index in [2.05, 4.69) is 33.8 Å². The lowest BCUT2D eigenvalue weighted by Crippen LogP contribution is -2.19. The Bertz CT molecular complexity index is 1660. The summed E-state index contributed by atoms with van der Waals surface area (Å²) < 4.78 is 29.3. The second-order valence-electron chi connectivity index (χ2n) is 10.9. The smallest absolute Gasteiger partial charge is 0.338 e. The number of aliphatic carboxylic acids is 2. The van der Waals surface area contributed by atoms with Crippen LogP contribution in [0.15, 0.2) is 59.0 Å². The normalized spacial score (nSPS) is 18.1. The Balaban J connectivity index is 1.86. The van der Waals surface area contributed by atoms with Gasteiger partial charge in [0, 0.05) is 64.3 Å². The first-order valence-electron chi connectivity index (χ1n) is 14.1. The largest absolute Gasteiger partial charge is 0.479 e. The molecule has 0 aromatic carbocycles. The molecule has 0 saturated carbocycles. The van der Waals surface area contributed by atoms with Crippen molar-refractivity contribution in [3.63, 3.8) is 0 Å². The van der Waals surface area contributed by atoms with Gasteiger partial charge in [-0.2, -0.15) is 0 Å². The quantitative estimate of drug-likeness (QED) is 0.206. The van der Waals surface area contributed by atoms with Crippen LogP contribution < -0.4 is 10.6 Å². The number of halogens is 2. The zero-order valence-electron chi connectivity index (χ0n) is 25.3. The minimum atomic E-state index is -2.22. The van der Waals surface area contributed by atoms with E-state index in [9.17, 15) is 38.2 Å². The number of carbonyl (C=O) groups excluding carboxylic acids is 2. The van der Waals surface area contributed by atoms with Gasteiger partial charge in [-0.1, -0.05) is 25.3 Å². The van der Waals surface area contributed by atoms with Crippen LogP contribution in [0, 0.1) is 13.8 Å². The number of H-pyrrole nitrogens is 2. The van der Waals surface area contributed by atoms with Crippen LogP contribution in [0.1, 0.15) is 58.9 Å². The van der Waals surface area contributed by atoms with Crippen molar-refractivity contribution in [1.29, 1.82) is 0 Å². The summed E-state index contributed by atoms with van der Waals surface area (Å²) in [5, 5.41) is 24.1.